The number of hydrogen-bond acceptors (Lipinski definition) is 5. The number of aryl methyl sites for hydroxylation is 1. The van der Waals surface area contributed by atoms with Gasteiger partial charge in [0, 0.05) is 45.1 Å². The predicted molar refractivity (Wildman–Crippen MR) is 88.2 cm³/mol. The van der Waals surface area contributed by atoms with Gasteiger partial charge in [-0.05, 0) is 18.8 Å². The number of hydrogen-bond donors (Lipinski definition) is 0. The van der Waals surface area contributed by atoms with Crippen LogP contribution >= 0.6 is 0 Å². The quantitative estimate of drug-likeness (QED) is 0.760. The Morgan fingerprint density at radius 3 is 2.41 bits per heavy atom. The molecule has 1 aliphatic heterocycles. The first-order valence-electron chi connectivity index (χ1n) is 8.20. The highest BCUT2D eigenvalue weighted by Gasteiger charge is 2.34. The lowest BCUT2D eigenvalue weighted by atomic mass is 9.98. The maximum absolute atomic E-state index is 12.6. The van der Waals surface area contributed by atoms with Crippen LogP contribution in [0.2, 0.25) is 0 Å². The molecule has 0 atom stereocenters. The average Bonchev–Trinajstić information content (AvgIpc) is 3.03. The van der Waals surface area contributed by atoms with Crippen molar-refractivity contribution in [3.63, 3.8) is 0 Å². The Labute approximate surface area is 153 Å². The number of sulfonamides is 1. The van der Waals surface area contributed by atoms with E-state index in [4.69, 9.17) is 0 Å². The van der Waals surface area contributed by atoms with Crippen LogP contribution in [0.15, 0.2) is 34.7 Å². The second-order valence-corrected chi connectivity index (χ2v) is 8.26. The van der Waals surface area contributed by atoms with E-state index in [1.165, 1.54) is 15.1 Å². The minimum absolute atomic E-state index is 0.0333. The van der Waals surface area contributed by atoms with E-state index in [1.807, 2.05) is 0 Å². The van der Waals surface area contributed by atoms with Gasteiger partial charge in [0.25, 0.3) is 15.6 Å². The molecule has 0 bridgehead atoms. The summed E-state index contributed by atoms with van der Waals surface area (Å²) in [5, 5.41) is -0.0379. The molecule has 3 heterocycles. The van der Waals surface area contributed by atoms with E-state index in [-0.39, 0.29) is 30.7 Å². The molecule has 1 aliphatic rings. The average molecular weight is 405 g/mol. The van der Waals surface area contributed by atoms with E-state index in [0.717, 1.165) is 10.9 Å². The molecule has 0 aromatic carbocycles. The van der Waals surface area contributed by atoms with E-state index in [0.29, 0.717) is 18.9 Å². The van der Waals surface area contributed by atoms with Gasteiger partial charge in [0.1, 0.15) is 0 Å². The maximum Gasteiger partial charge on any atom is 0.433 e. The van der Waals surface area contributed by atoms with Crippen molar-refractivity contribution in [1.82, 2.24) is 23.4 Å². The lowest BCUT2D eigenvalue weighted by molar-refractivity contribution is -0.141. The molecular formula is C15H18F3N5O3S. The van der Waals surface area contributed by atoms with Crippen molar-refractivity contribution < 1.29 is 21.6 Å². The van der Waals surface area contributed by atoms with Gasteiger partial charge in [0.2, 0.25) is 5.16 Å². The third kappa shape index (κ3) is 4.05. The van der Waals surface area contributed by atoms with Crippen molar-refractivity contribution in [1.29, 1.82) is 0 Å². The van der Waals surface area contributed by atoms with E-state index in [2.05, 4.69) is 9.97 Å². The summed E-state index contributed by atoms with van der Waals surface area (Å²) in [4.78, 5) is 19.1. The number of halogens is 3. The fourth-order valence-corrected chi connectivity index (χ4v) is 4.59. The van der Waals surface area contributed by atoms with Crippen molar-refractivity contribution in [3.8, 4) is 0 Å². The van der Waals surface area contributed by atoms with Crippen molar-refractivity contribution >= 4 is 10.0 Å². The van der Waals surface area contributed by atoms with Crippen molar-refractivity contribution in [3.05, 3.63) is 40.8 Å². The van der Waals surface area contributed by atoms with E-state index in [9.17, 15) is 26.4 Å². The molecule has 2 aromatic rings. The first kappa shape index (κ1) is 19.5. The lowest BCUT2D eigenvalue weighted by Gasteiger charge is -2.31. The molecule has 1 saturated heterocycles. The van der Waals surface area contributed by atoms with Crippen LogP contribution in [0.3, 0.4) is 0 Å². The van der Waals surface area contributed by atoms with E-state index < -0.39 is 27.5 Å². The number of rotatable bonds is 4. The SMILES string of the molecule is Cn1ccnc1S(=O)(=O)N1CCC(Cn2cnc(C(F)(F)F)cc2=O)CC1. The van der Waals surface area contributed by atoms with Gasteiger partial charge < -0.3 is 4.57 Å². The summed E-state index contributed by atoms with van der Waals surface area (Å²) < 4.78 is 66.8. The zero-order valence-electron chi connectivity index (χ0n) is 14.4. The summed E-state index contributed by atoms with van der Waals surface area (Å²) >= 11 is 0. The molecule has 0 N–H and O–H groups in total. The number of aromatic nitrogens is 4. The number of piperidine rings is 1. The Morgan fingerprint density at radius 1 is 1.22 bits per heavy atom. The summed E-state index contributed by atoms with van der Waals surface area (Å²) in [6, 6.07) is 0.473. The zero-order valence-corrected chi connectivity index (χ0v) is 15.2. The first-order chi connectivity index (χ1) is 12.6. The Morgan fingerprint density at radius 2 is 1.89 bits per heavy atom. The fraction of sp³-hybridized carbons (Fsp3) is 0.533. The van der Waals surface area contributed by atoms with Gasteiger partial charge in [-0.2, -0.15) is 17.5 Å². The second kappa shape index (κ2) is 7.08. The Kier molecular flexibility index (Phi) is 5.12. The van der Waals surface area contributed by atoms with Gasteiger partial charge in [0.05, 0.1) is 6.33 Å². The first-order valence-corrected chi connectivity index (χ1v) is 9.64. The van der Waals surface area contributed by atoms with E-state index >= 15 is 0 Å². The highest BCUT2D eigenvalue weighted by Crippen LogP contribution is 2.26. The van der Waals surface area contributed by atoms with Gasteiger partial charge in [-0.15, -0.1) is 0 Å². The van der Waals surface area contributed by atoms with Crippen LogP contribution < -0.4 is 5.56 Å². The molecule has 8 nitrogen and oxygen atoms in total. The van der Waals surface area contributed by atoms with Crippen molar-refractivity contribution in [2.45, 2.75) is 30.7 Å². The van der Waals surface area contributed by atoms with Crippen molar-refractivity contribution in [2.24, 2.45) is 13.0 Å². The highest BCUT2D eigenvalue weighted by molar-refractivity contribution is 7.89. The van der Waals surface area contributed by atoms with Gasteiger partial charge in [-0.1, -0.05) is 0 Å². The second-order valence-electron chi connectivity index (χ2n) is 6.43. The third-order valence-corrected chi connectivity index (χ3v) is 6.45. The lowest BCUT2D eigenvalue weighted by Crippen LogP contribution is -2.40. The van der Waals surface area contributed by atoms with Crippen LogP contribution in [0.1, 0.15) is 18.5 Å². The van der Waals surface area contributed by atoms with Crippen LogP contribution in [-0.4, -0.2) is 44.9 Å². The Balaban J connectivity index is 1.65. The van der Waals surface area contributed by atoms with Gasteiger partial charge in [-0.3, -0.25) is 9.36 Å². The van der Waals surface area contributed by atoms with Crippen LogP contribution in [0.5, 0.6) is 0 Å². The predicted octanol–water partition coefficient (Wildman–Crippen LogP) is 1.10. The molecule has 0 spiro atoms. The monoisotopic (exact) mass is 405 g/mol. The molecule has 2 aromatic heterocycles. The third-order valence-electron chi connectivity index (χ3n) is 4.55. The summed E-state index contributed by atoms with van der Waals surface area (Å²) in [5.74, 6) is -0.0333. The van der Waals surface area contributed by atoms with Crippen molar-refractivity contribution in [2.75, 3.05) is 13.1 Å². The molecule has 0 saturated carbocycles. The summed E-state index contributed by atoms with van der Waals surface area (Å²) in [5.41, 5.74) is -2.00. The number of imidazole rings is 1. The van der Waals surface area contributed by atoms with Gasteiger partial charge >= 0.3 is 6.18 Å². The Hall–Kier alpha value is -2.21. The van der Waals surface area contributed by atoms with Gasteiger partial charge in [0.15, 0.2) is 5.69 Å². The molecule has 1 fully saturated rings. The molecule has 12 heteroatoms. The number of nitrogens with zero attached hydrogens (tertiary/aromatic N) is 5. The molecular weight excluding hydrogens is 387 g/mol. The largest absolute Gasteiger partial charge is 0.433 e. The molecule has 27 heavy (non-hydrogen) atoms. The topological polar surface area (TPSA) is 90.1 Å². The summed E-state index contributed by atoms with van der Waals surface area (Å²) in [7, 11) is -2.10. The molecule has 0 unspecified atom stereocenters. The molecule has 148 valence electrons. The fourth-order valence-electron chi connectivity index (χ4n) is 3.04. The Bertz CT molecular complexity index is 975. The standard InChI is InChI=1S/C15H18F3N5O3S/c1-21-7-4-19-14(21)27(25,26)23-5-2-11(3-6-23)9-22-10-20-12(8-13(22)24)15(16,17)18/h4,7-8,10-11H,2-3,5-6,9H2,1H3. The maximum atomic E-state index is 12.6. The minimum Gasteiger partial charge on any atom is -0.324 e. The summed E-state index contributed by atoms with van der Waals surface area (Å²) in [6.45, 7) is 0.700. The normalized spacial score (nSPS) is 17.3. The van der Waals surface area contributed by atoms with E-state index in [1.54, 1.807) is 13.2 Å². The highest BCUT2D eigenvalue weighted by atomic mass is 32.2. The van der Waals surface area contributed by atoms with Gasteiger partial charge in [-0.25, -0.2) is 18.4 Å². The zero-order chi connectivity index (χ0) is 19.8. The van der Waals surface area contributed by atoms with Crippen LogP contribution in [0.4, 0.5) is 13.2 Å². The molecule has 3 rings (SSSR count). The summed E-state index contributed by atoms with van der Waals surface area (Å²) in [6.07, 6.45) is 0.145. The smallest absolute Gasteiger partial charge is 0.324 e. The number of alkyl halides is 3. The minimum atomic E-state index is -4.66. The van der Waals surface area contributed by atoms with Crippen LogP contribution in [0, 0.1) is 5.92 Å². The molecule has 0 aliphatic carbocycles. The molecule has 0 radical (unpaired) electrons. The molecule has 0 amide bonds. The van der Waals surface area contributed by atoms with Crippen LogP contribution in [-0.2, 0) is 29.8 Å². The van der Waals surface area contributed by atoms with Crippen LogP contribution in [0.25, 0.3) is 0 Å².